The van der Waals surface area contributed by atoms with E-state index in [4.69, 9.17) is 0 Å². The number of hydrogen-bond acceptors (Lipinski definition) is 5. The van der Waals surface area contributed by atoms with Crippen LogP contribution in [-0.2, 0) is 22.7 Å². The van der Waals surface area contributed by atoms with E-state index < -0.39 is 18.7 Å². The molecule has 29 heavy (non-hydrogen) atoms. The number of benzene rings is 1. The number of alkyl halides is 3. The van der Waals surface area contributed by atoms with Gasteiger partial charge >= 0.3 is 6.18 Å². The number of aromatic nitrogens is 2. The molecule has 0 spiro atoms. The maximum Gasteiger partial charge on any atom is 0.411 e. The molecule has 154 valence electrons. The fraction of sp³-hybridized carbons (Fsp3) is 0.368. The largest absolute Gasteiger partial charge is 0.411 e. The summed E-state index contributed by atoms with van der Waals surface area (Å²) in [5.41, 5.74) is 1.47. The number of anilines is 1. The summed E-state index contributed by atoms with van der Waals surface area (Å²) in [6.07, 6.45) is -1.27. The molecule has 0 aliphatic heterocycles. The minimum atomic E-state index is -4.36. The first-order valence-corrected chi connectivity index (χ1v) is 8.94. The zero-order valence-corrected chi connectivity index (χ0v) is 15.3. The van der Waals surface area contributed by atoms with Crippen molar-refractivity contribution in [1.29, 1.82) is 0 Å². The van der Waals surface area contributed by atoms with Crippen molar-refractivity contribution in [3.05, 3.63) is 53.3 Å². The fourth-order valence-electron chi connectivity index (χ4n) is 2.41. The zero-order chi connectivity index (χ0) is 20.9. The van der Waals surface area contributed by atoms with Gasteiger partial charge in [0.25, 0.3) is 5.91 Å². The van der Waals surface area contributed by atoms with Crippen molar-refractivity contribution in [3.63, 3.8) is 0 Å². The van der Waals surface area contributed by atoms with Crippen LogP contribution in [-0.4, -0.2) is 34.6 Å². The Balaban J connectivity index is 1.48. The minimum absolute atomic E-state index is 0.00193. The molecule has 0 bridgehead atoms. The Kier molecular flexibility index (Phi) is 6.42. The van der Waals surface area contributed by atoms with Gasteiger partial charge in [-0.1, -0.05) is 24.3 Å². The molecular weight excluding hydrogens is 389 g/mol. The molecule has 2 aromatic rings. The summed E-state index contributed by atoms with van der Waals surface area (Å²) in [7, 11) is 0. The number of amides is 2. The van der Waals surface area contributed by atoms with Crippen molar-refractivity contribution in [2.45, 2.75) is 32.2 Å². The molecule has 1 heterocycles. The van der Waals surface area contributed by atoms with E-state index >= 15 is 0 Å². The number of nitrogens with one attached hydrogen (secondary N) is 2. The molecule has 1 aromatic heterocycles. The van der Waals surface area contributed by atoms with Crippen LogP contribution in [0, 0.1) is 5.92 Å². The summed E-state index contributed by atoms with van der Waals surface area (Å²) in [6, 6.07) is 8.08. The molecule has 0 atom stereocenters. The van der Waals surface area contributed by atoms with Crippen molar-refractivity contribution >= 4 is 17.8 Å². The molecule has 2 N–H and O–H groups in total. The lowest BCUT2D eigenvalue weighted by Crippen LogP contribution is -2.25. The zero-order valence-electron chi connectivity index (χ0n) is 15.3. The summed E-state index contributed by atoms with van der Waals surface area (Å²) in [5.74, 6) is -0.510. The number of carbonyl (C=O) groups excluding carboxylic acids is 2. The topological polar surface area (TPSA) is 93.2 Å². The summed E-state index contributed by atoms with van der Waals surface area (Å²) in [4.78, 5) is 32.0. The molecule has 10 heteroatoms. The van der Waals surface area contributed by atoms with E-state index in [9.17, 15) is 22.8 Å². The Hall–Kier alpha value is -3.01. The highest BCUT2D eigenvalue weighted by Crippen LogP contribution is 2.29. The van der Waals surface area contributed by atoms with Crippen molar-refractivity contribution in [3.8, 4) is 0 Å². The van der Waals surface area contributed by atoms with Gasteiger partial charge in [0.05, 0.1) is 6.61 Å². The highest BCUT2D eigenvalue weighted by molar-refractivity contribution is 5.94. The number of halogens is 3. The lowest BCUT2D eigenvalue weighted by molar-refractivity contribution is -0.176. The molecule has 0 unspecified atom stereocenters. The van der Waals surface area contributed by atoms with Gasteiger partial charge in [-0.25, -0.2) is 9.97 Å². The van der Waals surface area contributed by atoms with E-state index in [-0.39, 0.29) is 36.6 Å². The van der Waals surface area contributed by atoms with Gasteiger partial charge in [0, 0.05) is 18.7 Å². The predicted octanol–water partition coefficient (Wildman–Crippen LogP) is 2.83. The molecular formula is C19H19F3N4O3. The first-order chi connectivity index (χ1) is 13.8. The van der Waals surface area contributed by atoms with Crippen LogP contribution in [0.1, 0.15) is 34.5 Å². The normalized spacial score (nSPS) is 13.8. The minimum Gasteiger partial charge on any atom is -0.367 e. The van der Waals surface area contributed by atoms with Crippen LogP contribution in [0.25, 0.3) is 0 Å². The van der Waals surface area contributed by atoms with E-state index in [0.717, 1.165) is 18.4 Å². The molecule has 2 amide bonds. The average Bonchev–Trinajstić information content (AvgIpc) is 3.52. The van der Waals surface area contributed by atoms with Gasteiger partial charge in [0.2, 0.25) is 11.9 Å². The van der Waals surface area contributed by atoms with Crippen molar-refractivity contribution in [1.82, 2.24) is 15.3 Å². The highest BCUT2D eigenvalue weighted by Gasteiger charge is 2.30. The molecule has 1 fully saturated rings. The Bertz CT molecular complexity index is 868. The van der Waals surface area contributed by atoms with Gasteiger partial charge in [-0.2, -0.15) is 13.2 Å². The van der Waals surface area contributed by atoms with Gasteiger partial charge in [-0.15, -0.1) is 0 Å². The van der Waals surface area contributed by atoms with Crippen LogP contribution in [0.2, 0.25) is 0 Å². The second-order valence-electron chi connectivity index (χ2n) is 6.64. The number of carbonyl (C=O) groups is 2. The predicted molar refractivity (Wildman–Crippen MR) is 96.7 cm³/mol. The standard InChI is InChI=1S/C19H19F3N4O3/c20-19(21,22)11-29-10-13-3-1-12(2-4-13)9-24-17(28)15-7-8-23-18(25-15)26-16(27)14-5-6-14/h1-4,7-8,14H,5-6,9-11H2,(H,24,28)(H,23,25,26,27). The summed E-state index contributed by atoms with van der Waals surface area (Å²) in [5, 5.41) is 5.27. The van der Waals surface area contributed by atoms with Crippen LogP contribution in [0.3, 0.4) is 0 Å². The fourth-order valence-corrected chi connectivity index (χ4v) is 2.41. The monoisotopic (exact) mass is 408 g/mol. The maximum absolute atomic E-state index is 12.3. The quantitative estimate of drug-likeness (QED) is 0.701. The van der Waals surface area contributed by atoms with Crippen molar-refractivity contribution < 1.29 is 27.5 Å². The third-order valence-corrected chi connectivity index (χ3v) is 4.08. The Morgan fingerprint density at radius 2 is 1.79 bits per heavy atom. The van der Waals surface area contributed by atoms with Crippen LogP contribution in [0.5, 0.6) is 0 Å². The van der Waals surface area contributed by atoms with Gasteiger partial charge in [-0.05, 0) is 30.0 Å². The molecule has 0 radical (unpaired) electrons. The Labute approximate surface area is 164 Å². The first kappa shape index (κ1) is 20.7. The van der Waals surface area contributed by atoms with E-state index in [1.165, 1.54) is 12.3 Å². The number of ether oxygens (including phenoxy) is 1. The van der Waals surface area contributed by atoms with Crippen molar-refractivity contribution in [2.24, 2.45) is 5.92 Å². The first-order valence-electron chi connectivity index (χ1n) is 8.94. The molecule has 1 aliphatic rings. The van der Waals surface area contributed by atoms with Gasteiger partial charge in [-0.3, -0.25) is 14.9 Å². The lowest BCUT2D eigenvalue weighted by atomic mass is 10.1. The van der Waals surface area contributed by atoms with Crippen LogP contribution >= 0.6 is 0 Å². The van der Waals surface area contributed by atoms with Crippen LogP contribution < -0.4 is 10.6 Å². The van der Waals surface area contributed by atoms with Gasteiger partial charge in [0.15, 0.2) is 0 Å². The molecule has 7 nitrogen and oxygen atoms in total. The third-order valence-electron chi connectivity index (χ3n) is 4.08. The highest BCUT2D eigenvalue weighted by atomic mass is 19.4. The summed E-state index contributed by atoms with van der Waals surface area (Å²) >= 11 is 0. The maximum atomic E-state index is 12.3. The SMILES string of the molecule is O=C(NCc1ccc(COCC(F)(F)F)cc1)c1ccnc(NC(=O)C2CC2)n1. The Morgan fingerprint density at radius 3 is 2.45 bits per heavy atom. The van der Waals surface area contributed by atoms with Gasteiger partial charge in [0.1, 0.15) is 12.3 Å². The van der Waals surface area contributed by atoms with Gasteiger partial charge < -0.3 is 10.1 Å². The third kappa shape index (κ3) is 6.83. The molecule has 1 aliphatic carbocycles. The molecule has 1 aromatic carbocycles. The Morgan fingerprint density at radius 1 is 1.10 bits per heavy atom. The van der Waals surface area contributed by atoms with E-state index in [1.54, 1.807) is 24.3 Å². The van der Waals surface area contributed by atoms with E-state index in [0.29, 0.717) is 5.56 Å². The number of rotatable bonds is 8. The smallest absolute Gasteiger partial charge is 0.367 e. The second kappa shape index (κ2) is 8.99. The molecule has 3 rings (SSSR count). The van der Waals surface area contributed by atoms with Crippen LogP contribution in [0.4, 0.5) is 19.1 Å². The molecule has 1 saturated carbocycles. The number of nitrogens with zero attached hydrogens (tertiary/aromatic N) is 2. The van der Waals surface area contributed by atoms with E-state index in [1.807, 2.05) is 0 Å². The van der Waals surface area contributed by atoms with Crippen molar-refractivity contribution in [2.75, 3.05) is 11.9 Å². The average molecular weight is 408 g/mol. The summed E-state index contributed by atoms with van der Waals surface area (Å²) < 4.78 is 40.8. The lowest BCUT2D eigenvalue weighted by Gasteiger charge is -2.09. The van der Waals surface area contributed by atoms with Crippen LogP contribution in [0.15, 0.2) is 36.5 Å². The van der Waals surface area contributed by atoms with E-state index in [2.05, 4.69) is 25.3 Å². The molecule has 0 saturated heterocycles. The number of hydrogen-bond donors (Lipinski definition) is 2. The second-order valence-corrected chi connectivity index (χ2v) is 6.64. The summed E-state index contributed by atoms with van der Waals surface area (Å²) in [6.45, 7) is -1.24.